The predicted octanol–water partition coefficient (Wildman–Crippen LogP) is 18.1. The molecule has 0 rings (SSSR count). The summed E-state index contributed by atoms with van der Waals surface area (Å²) < 4.78 is 11.7. The van der Waals surface area contributed by atoms with Gasteiger partial charge < -0.3 is 19.5 Å². The lowest BCUT2D eigenvalue weighted by Gasteiger charge is -2.22. The minimum atomic E-state index is 0.0796. The molecule has 0 heterocycles. The van der Waals surface area contributed by atoms with E-state index in [0.29, 0.717) is 19.8 Å². The lowest BCUT2D eigenvalue weighted by Crippen LogP contribution is -2.27. The van der Waals surface area contributed by atoms with Crippen LogP contribution in [-0.2, 0) is 19.1 Å². The highest BCUT2D eigenvalue weighted by Crippen LogP contribution is 2.23. The number of carbonyl (C=O) groups excluding carboxylic acids is 2. The van der Waals surface area contributed by atoms with Crippen molar-refractivity contribution in [2.45, 2.75) is 311 Å². The van der Waals surface area contributed by atoms with Crippen LogP contribution in [0.25, 0.3) is 0 Å². The van der Waals surface area contributed by atoms with Crippen LogP contribution in [0.3, 0.4) is 0 Å². The van der Waals surface area contributed by atoms with Crippen molar-refractivity contribution >= 4 is 11.9 Å². The quantitative estimate of drug-likeness (QED) is 0.0484. The predicted molar refractivity (Wildman–Crippen MR) is 283 cm³/mol. The van der Waals surface area contributed by atoms with E-state index >= 15 is 0 Å². The average molecular weight is 921 g/mol. The monoisotopic (exact) mass is 920 g/mol. The molecular formula is C59H117NO5. The van der Waals surface area contributed by atoms with Crippen LogP contribution in [0.5, 0.6) is 0 Å². The molecule has 6 heteroatoms. The Hall–Kier alpha value is -1.14. The van der Waals surface area contributed by atoms with Crippen LogP contribution in [0.1, 0.15) is 311 Å². The molecule has 0 aliphatic rings. The molecule has 0 radical (unpaired) electrons. The first-order valence-electron chi connectivity index (χ1n) is 29.6. The van der Waals surface area contributed by atoms with Gasteiger partial charge >= 0.3 is 11.9 Å². The molecule has 3 atom stereocenters. The molecule has 65 heavy (non-hydrogen) atoms. The van der Waals surface area contributed by atoms with E-state index in [1.54, 1.807) is 0 Å². The Bertz CT molecular complexity index is 959. The smallest absolute Gasteiger partial charge is 0.308 e. The SMILES string of the molecule is CCCCCCCCC(CCCCCC)C(=O)OCCCCCCCCCCN(CCCCO)CCCCCCCC(C)CCCCOC(=O)C(CCCCCC)CCCCCCCC. The number of aliphatic hydroxyl groups is 1. The molecule has 0 saturated heterocycles. The first-order chi connectivity index (χ1) is 31.9. The highest BCUT2D eigenvalue weighted by molar-refractivity contribution is 5.72. The van der Waals surface area contributed by atoms with Gasteiger partial charge in [-0.25, -0.2) is 0 Å². The Labute approximate surface area is 407 Å². The van der Waals surface area contributed by atoms with Crippen molar-refractivity contribution in [2.24, 2.45) is 17.8 Å². The third-order valence-corrected chi connectivity index (χ3v) is 14.3. The molecule has 0 aliphatic heterocycles. The highest BCUT2D eigenvalue weighted by atomic mass is 16.5. The van der Waals surface area contributed by atoms with Crippen molar-refractivity contribution in [1.29, 1.82) is 0 Å². The summed E-state index contributed by atoms with van der Waals surface area (Å²) in [6.07, 6.45) is 52.6. The highest BCUT2D eigenvalue weighted by Gasteiger charge is 2.20. The molecule has 0 aliphatic carbocycles. The zero-order valence-corrected chi connectivity index (χ0v) is 44.9. The molecule has 6 nitrogen and oxygen atoms in total. The summed E-state index contributed by atoms with van der Waals surface area (Å²) in [6, 6.07) is 0. The molecule has 0 bridgehead atoms. The van der Waals surface area contributed by atoms with E-state index in [9.17, 15) is 14.7 Å². The number of aliphatic hydroxyl groups excluding tert-OH is 1. The topological polar surface area (TPSA) is 76.1 Å². The fourth-order valence-corrected chi connectivity index (χ4v) is 9.70. The number of esters is 2. The van der Waals surface area contributed by atoms with Gasteiger partial charge in [0.15, 0.2) is 0 Å². The molecule has 3 unspecified atom stereocenters. The average Bonchev–Trinajstić information content (AvgIpc) is 3.30. The normalized spacial score (nSPS) is 13.1. The summed E-state index contributed by atoms with van der Waals surface area (Å²) in [5.74, 6) is 1.14. The molecule has 0 amide bonds. The largest absolute Gasteiger partial charge is 0.465 e. The van der Waals surface area contributed by atoms with Gasteiger partial charge in [0.25, 0.3) is 0 Å². The number of carbonyl (C=O) groups is 2. The molecule has 0 aromatic carbocycles. The van der Waals surface area contributed by atoms with E-state index in [1.165, 1.54) is 219 Å². The van der Waals surface area contributed by atoms with Crippen LogP contribution in [-0.4, -0.2) is 61.4 Å². The summed E-state index contributed by atoms with van der Waals surface area (Å²) >= 11 is 0. The zero-order valence-electron chi connectivity index (χ0n) is 44.9. The van der Waals surface area contributed by atoms with Crippen LogP contribution < -0.4 is 0 Å². The van der Waals surface area contributed by atoms with Gasteiger partial charge in [0.1, 0.15) is 0 Å². The van der Waals surface area contributed by atoms with Gasteiger partial charge in [0.2, 0.25) is 0 Å². The Morgan fingerprint density at radius 1 is 0.354 bits per heavy atom. The third-order valence-electron chi connectivity index (χ3n) is 14.3. The van der Waals surface area contributed by atoms with Crippen LogP contribution in [0.15, 0.2) is 0 Å². The maximum atomic E-state index is 13.0. The molecule has 388 valence electrons. The summed E-state index contributed by atoms with van der Waals surface area (Å²) in [6.45, 7) is 16.5. The van der Waals surface area contributed by atoms with Crippen molar-refractivity contribution in [2.75, 3.05) is 39.5 Å². The second kappa shape index (κ2) is 52.2. The molecule has 0 aromatic rings. The van der Waals surface area contributed by atoms with E-state index in [-0.39, 0.29) is 23.8 Å². The van der Waals surface area contributed by atoms with E-state index in [4.69, 9.17) is 9.47 Å². The number of nitrogens with zero attached hydrogens (tertiary/aromatic N) is 1. The fourth-order valence-electron chi connectivity index (χ4n) is 9.70. The first kappa shape index (κ1) is 63.9. The van der Waals surface area contributed by atoms with Crippen LogP contribution in [0.4, 0.5) is 0 Å². The van der Waals surface area contributed by atoms with Crippen LogP contribution in [0.2, 0.25) is 0 Å². The van der Waals surface area contributed by atoms with Crippen molar-refractivity contribution < 1.29 is 24.2 Å². The van der Waals surface area contributed by atoms with E-state index < -0.39 is 0 Å². The van der Waals surface area contributed by atoms with Gasteiger partial charge in [-0.15, -0.1) is 0 Å². The van der Waals surface area contributed by atoms with Gasteiger partial charge in [-0.05, 0) is 96.2 Å². The fraction of sp³-hybridized carbons (Fsp3) is 0.966. The number of hydrogen-bond acceptors (Lipinski definition) is 6. The summed E-state index contributed by atoms with van der Waals surface area (Å²) in [5, 5.41) is 9.36. The first-order valence-corrected chi connectivity index (χ1v) is 29.6. The lowest BCUT2D eigenvalue weighted by atomic mass is 9.94. The number of unbranched alkanes of at least 4 members (excludes halogenated alkanes) is 29. The van der Waals surface area contributed by atoms with Gasteiger partial charge in [-0.1, -0.05) is 240 Å². The van der Waals surface area contributed by atoms with E-state index in [2.05, 4.69) is 39.5 Å². The molecule has 0 saturated carbocycles. The maximum Gasteiger partial charge on any atom is 0.308 e. The van der Waals surface area contributed by atoms with Gasteiger partial charge in [0.05, 0.1) is 25.0 Å². The third kappa shape index (κ3) is 45.1. The zero-order chi connectivity index (χ0) is 47.5. The van der Waals surface area contributed by atoms with Crippen molar-refractivity contribution in [3.05, 3.63) is 0 Å². The second-order valence-corrected chi connectivity index (χ2v) is 20.8. The minimum absolute atomic E-state index is 0.0796. The summed E-state index contributed by atoms with van der Waals surface area (Å²) in [7, 11) is 0. The van der Waals surface area contributed by atoms with Gasteiger partial charge in [0, 0.05) is 6.61 Å². The molecule has 0 fully saturated rings. The molecule has 0 aromatic heterocycles. The van der Waals surface area contributed by atoms with E-state index in [0.717, 1.165) is 83.1 Å². The van der Waals surface area contributed by atoms with Gasteiger partial charge in [-0.2, -0.15) is 0 Å². The Balaban J connectivity index is 4.10. The molecule has 1 N–H and O–H groups in total. The van der Waals surface area contributed by atoms with Crippen LogP contribution >= 0.6 is 0 Å². The summed E-state index contributed by atoms with van der Waals surface area (Å²) in [4.78, 5) is 28.6. The number of rotatable bonds is 54. The Kier molecular flexibility index (Phi) is 51.3. The number of ether oxygens (including phenoxy) is 2. The van der Waals surface area contributed by atoms with Gasteiger partial charge in [-0.3, -0.25) is 9.59 Å². The standard InChI is InChI=1S/C59H117NO5/c1-6-10-14-18-26-34-47-56(45-32-16-12-8-3)58(62)64-53-41-30-23-21-20-22-28-37-49-60(51-39-40-52-61)50-38-29-24-25-31-43-55(5)44-36-42-54-65-59(63)57(46-33-17-13-9-4)48-35-27-19-15-11-7-2/h55-57,61H,6-54H2,1-5H3. The second-order valence-electron chi connectivity index (χ2n) is 20.8. The van der Waals surface area contributed by atoms with E-state index in [1.807, 2.05) is 0 Å². The molecular weight excluding hydrogens is 803 g/mol. The van der Waals surface area contributed by atoms with Crippen molar-refractivity contribution in [3.63, 3.8) is 0 Å². The van der Waals surface area contributed by atoms with Crippen molar-refractivity contribution in [1.82, 2.24) is 4.90 Å². The lowest BCUT2D eigenvalue weighted by molar-refractivity contribution is -0.150. The Morgan fingerprint density at radius 3 is 0.985 bits per heavy atom. The minimum Gasteiger partial charge on any atom is -0.465 e. The number of hydrogen-bond donors (Lipinski definition) is 1. The molecule has 0 spiro atoms. The summed E-state index contributed by atoms with van der Waals surface area (Å²) in [5.41, 5.74) is 0. The van der Waals surface area contributed by atoms with Crippen LogP contribution in [0, 0.1) is 17.8 Å². The maximum absolute atomic E-state index is 13.0. The Morgan fingerprint density at radius 2 is 0.615 bits per heavy atom. The van der Waals surface area contributed by atoms with Crippen molar-refractivity contribution in [3.8, 4) is 0 Å².